The molecule has 3 rings (SSSR count). The lowest BCUT2D eigenvalue weighted by atomic mass is 10.2. The summed E-state index contributed by atoms with van der Waals surface area (Å²) < 4.78 is 5.89. The lowest BCUT2D eigenvalue weighted by Gasteiger charge is -2.11. The summed E-state index contributed by atoms with van der Waals surface area (Å²) in [5.74, 6) is -0.576. The number of thiophene rings is 1. The average molecular weight is 462 g/mol. The third-order valence-corrected chi connectivity index (χ3v) is 6.04. The van der Waals surface area contributed by atoms with Crippen LogP contribution in [0.2, 0.25) is 5.02 Å². The molecular formula is C21H20ClN3O3S2. The zero-order valence-electron chi connectivity index (χ0n) is 16.2. The van der Waals surface area contributed by atoms with Crippen molar-refractivity contribution < 1.29 is 14.3 Å². The van der Waals surface area contributed by atoms with Gasteiger partial charge in [-0.3, -0.25) is 14.9 Å². The predicted molar refractivity (Wildman–Crippen MR) is 126 cm³/mol. The number of fused-ring (bicyclic) bond motifs is 1. The number of methoxy groups -OCH3 is 1. The highest BCUT2D eigenvalue weighted by molar-refractivity contribution is 7.80. The number of carbonyl (C=O) groups excluding carboxylic acids is 2. The highest BCUT2D eigenvalue weighted by atomic mass is 35.5. The monoisotopic (exact) mass is 461 g/mol. The molecule has 0 aliphatic heterocycles. The zero-order valence-corrected chi connectivity index (χ0v) is 18.5. The molecule has 0 saturated carbocycles. The van der Waals surface area contributed by atoms with Gasteiger partial charge in [-0.15, -0.1) is 11.3 Å². The summed E-state index contributed by atoms with van der Waals surface area (Å²) in [6.45, 7) is 1.11. The van der Waals surface area contributed by atoms with Crippen LogP contribution in [-0.4, -0.2) is 37.2 Å². The molecule has 0 fully saturated rings. The van der Waals surface area contributed by atoms with E-state index in [9.17, 15) is 9.59 Å². The molecule has 0 bridgehead atoms. The van der Waals surface area contributed by atoms with E-state index in [0.717, 1.165) is 16.5 Å². The maximum Gasteiger partial charge on any atom is 0.269 e. The second-order valence-corrected chi connectivity index (χ2v) is 8.17. The molecule has 30 heavy (non-hydrogen) atoms. The quantitative estimate of drug-likeness (QED) is 0.358. The molecule has 0 spiro atoms. The van der Waals surface area contributed by atoms with Gasteiger partial charge < -0.3 is 15.4 Å². The third-order valence-electron chi connectivity index (χ3n) is 4.16. The summed E-state index contributed by atoms with van der Waals surface area (Å²) in [6.07, 6.45) is 0.733. The minimum atomic E-state index is -0.384. The van der Waals surface area contributed by atoms with Crippen LogP contribution in [-0.2, 0) is 4.74 Å². The Bertz CT molecular complexity index is 1080. The van der Waals surface area contributed by atoms with Crippen molar-refractivity contribution in [2.24, 2.45) is 0 Å². The lowest BCUT2D eigenvalue weighted by Crippen LogP contribution is -2.34. The summed E-state index contributed by atoms with van der Waals surface area (Å²) >= 11 is 12.9. The first-order chi connectivity index (χ1) is 14.5. The van der Waals surface area contributed by atoms with Gasteiger partial charge in [0.2, 0.25) is 0 Å². The van der Waals surface area contributed by atoms with E-state index < -0.39 is 0 Å². The molecule has 0 saturated heterocycles. The van der Waals surface area contributed by atoms with E-state index in [1.165, 1.54) is 11.3 Å². The first-order valence-corrected chi connectivity index (χ1v) is 10.8. The van der Waals surface area contributed by atoms with Crippen LogP contribution >= 0.6 is 35.2 Å². The fourth-order valence-electron chi connectivity index (χ4n) is 2.74. The van der Waals surface area contributed by atoms with Gasteiger partial charge in [-0.2, -0.15) is 0 Å². The van der Waals surface area contributed by atoms with Crippen LogP contribution in [0.15, 0.2) is 48.5 Å². The number of nitrogens with one attached hydrogen (secondary N) is 3. The predicted octanol–water partition coefficient (Wildman–Crippen LogP) is 4.45. The summed E-state index contributed by atoms with van der Waals surface area (Å²) in [6, 6.07) is 14.4. The average Bonchev–Trinajstić information content (AvgIpc) is 3.08. The van der Waals surface area contributed by atoms with Crippen molar-refractivity contribution in [3.63, 3.8) is 0 Å². The van der Waals surface area contributed by atoms with Crippen molar-refractivity contribution in [1.82, 2.24) is 10.6 Å². The van der Waals surface area contributed by atoms with Crippen LogP contribution in [0, 0.1) is 0 Å². The van der Waals surface area contributed by atoms with Gasteiger partial charge in [0.1, 0.15) is 4.88 Å². The summed E-state index contributed by atoms with van der Waals surface area (Å²) in [5.41, 5.74) is 1.08. The van der Waals surface area contributed by atoms with E-state index in [1.54, 1.807) is 31.4 Å². The van der Waals surface area contributed by atoms with Crippen molar-refractivity contribution in [3.05, 3.63) is 64.0 Å². The van der Waals surface area contributed by atoms with Crippen molar-refractivity contribution in [1.29, 1.82) is 0 Å². The maximum atomic E-state index is 12.6. The Morgan fingerprint density at radius 2 is 1.93 bits per heavy atom. The molecule has 3 N–H and O–H groups in total. The second-order valence-electron chi connectivity index (χ2n) is 6.33. The van der Waals surface area contributed by atoms with Gasteiger partial charge in [-0.05, 0) is 42.9 Å². The fraction of sp³-hybridized carbons (Fsp3) is 0.190. The molecule has 1 heterocycles. The molecule has 6 nitrogen and oxygen atoms in total. The van der Waals surface area contributed by atoms with E-state index in [4.69, 9.17) is 28.6 Å². The van der Waals surface area contributed by atoms with E-state index in [0.29, 0.717) is 34.3 Å². The zero-order chi connectivity index (χ0) is 21.5. The molecular weight excluding hydrogens is 442 g/mol. The van der Waals surface area contributed by atoms with Crippen molar-refractivity contribution >= 4 is 67.9 Å². The number of amides is 2. The number of ether oxygens (including phenoxy) is 1. The van der Waals surface area contributed by atoms with Crippen LogP contribution in [0.1, 0.15) is 26.5 Å². The number of thiocarbonyl (C=S) groups is 1. The van der Waals surface area contributed by atoms with Gasteiger partial charge in [0, 0.05) is 41.6 Å². The molecule has 0 radical (unpaired) electrons. The second kappa shape index (κ2) is 10.5. The number of hydrogen-bond acceptors (Lipinski definition) is 5. The number of hydrogen-bond donors (Lipinski definition) is 3. The minimum absolute atomic E-state index is 0.117. The first-order valence-electron chi connectivity index (χ1n) is 9.16. The molecule has 1 aromatic heterocycles. The van der Waals surface area contributed by atoms with Crippen molar-refractivity contribution in [2.75, 3.05) is 25.6 Å². The summed E-state index contributed by atoms with van der Waals surface area (Å²) in [4.78, 5) is 25.2. The van der Waals surface area contributed by atoms with Gasteiger partial charge >= 0.3 is 0 Å². The molecule has 9 heteroatoms. The van der Waals surface area contributed by atoms with E-state index >= 15 is 0 Å². The van der Waals surface area contributed by atoms with Gasteiger partial charge in [0.15, 0.2) is 5.11 Å². The molecule has 2 amide bonds. The Morgan fingerprint density at radius 1 is 1.13 bits per heavy atom. The molecule has 0 aliphatic rings. The summed E-state index contributed by atoms with van der Waals surface area (Å²) in [5, 5.41) is 9.74. The van der Waals surface area contributed by atoms with Gasteiger partial charge in [-0.1, -0.05) is 35.9 Å². The number of rotatable bonds is 7. The smallest absolute Gasteiger partial charge is 0.269 e. The Kier molecular flexibility index (Phi) is 7.75. The fourth-order valence-corrected chi connectivity index (χ4v) is 4.36. The van der Waals surface area contributed by atoms with Gasteiger partial charge in [-0.25, -0.2) is 0 Å². The third kappa shape index (κ3) is 5.54. The van der Waals surface area contributed by atoms with E-state index in [1.807, 2.05) is 24.3 Å². The van der Waals surface area contributed by atoms with Crippen molar-refractivity contribution in [3.8, 4) is 0 Å². The molecule has 3 aromatic rings. The molecule has 0 atom stereocenters. The van der Waals surface area contributed by atoms with Crippen LogP contribution in [0.25, 0.3) is 10.1 Å². The van der Waals surface area contributed by atoms with E-state index in [2.05, 4.69) is 16.0 Å². The number of anilines is 1. The maximum absolute atomic E-state index is 12.6. The van der Waals surface area contributed by atoms with Gasteiger partial charge in [0.25, 0.3) is 11.8 Å². The highest BCUT2D eigenvalue weighted by Gasteiger charge is 2.18. The SMILES string of the molecule is COCCCNC(=O)c1cccc(NC(=S)NC(=O)c2sc3ccccc3c2Cl)c1. The number of halogens is 1. The Balaban J connectivity index is 1.61. The van der Waals surface area contributed by atoms with Crippen LogP contribution in [0.5, 0.6) is 0 Å². The Hall–Kier alpha value is -2.52. The molecule has 0 aliphatic carbocycles. The molecule has 2 aromatic carbocycles. The van der Waals surface area contributed by atoms with E-state index in [-0.39, 0.29) is 16.9 Å². The lowest BCUT2D eigenvalue weighted by molar-refractivity contribution is 0.0946. The highest BCUT2D eigenvalue weighted by Crippen LogP contribution is 2.34. The van der Waals surface area contributed by atoms with Gasteiger partial charge in [0.05, 0.1) is 5.02 Å². The topological polar surface area (TPSA) is 79.5 Å². The largest absolute Gasteiger partial charge is 0.385 e. The number of benzene rings is 2. The van der Waals surface area contributed by atoms with Crippen LogP contribution in [0.3, 0.4) is 0 Å². The van der Waals surface area contributed by atoms with Crippen LogP contribution < -0.4 is 16.0 Å². The first kappa shape index (κ1) is 22.2. The van der Waals surface area contributed by atoms with Crippen LogP contribution in [0.4, 0.5) is 5.69 Å². The summed E-state index contributed by atoms with van der Waals surface area (Å²) in [7, 11) is 1.62. The van der Waals surface area contributed by atoms with Crippen molar-refractivity contribution in [2.45, 2.75) is 6.42 Å². The Morgan fingerprint density at radius 3 is 2.70 bits per heavy atom. The molecule has 0 unspecified atom stereocenters. The Labute approximate surface area is 188 Å². The standard InChI is InChI=1S/C21H20ClN3O3S2/c1-28-11-5-10-23-19(26)13-6-4-7-14(12-13)24-21(29)25-20(27)18-17(22)15-8-2-3-9-16(15)30-18/h2-4,6-9,12H,5,10-11H2,1H3,(H,23,26)(H2,24,25,27,29). The molecule has 156 valence electrons. The minimum Gasteiger partial charge on any atom is -0.385 e. The number of carbonyl (C=O) groups is 2. The normalized spacial score (nSPS) is 10.6.